The van der Waals surface area contributed by atoms with Gasteiger partial charge in [0.1, 0.15) is 0 Å². The van der Waals surface area contributed by atoms with Crippen molar-refractivity contribution in [3.63, 3.8) is 0 Å². The van der Waals surface area contributed by atoms with E-state index in [1.54, 1.807) is 6.92 Å². The molecule has 1 unspecified atom stereocenters. The molecule has 0 aliphatic rings. The molecule has 0 radical (unpaired) electrons. The van der Waals surface area contributed by atoms with Crippen molar-refractivity contribution in [1.82, 2.24) is 5.32 Å². The number of ether oxygens (including phenoxy) is 1. The summed E-state index contributed by atoms with van der Waals surface area (Å²) in [5.74, 6) is 0.312. The molecule has 1 aromatic carbocycles. The molecule has 1 rings (SSSR count). The second-order valence-electron chi connectivity index (χ2n) is 5.06. The van der Waals surface area contributed by atoms with Crippen molar-refractivity contribution in [3.8, 4) is 0 Å². The van der Waals surface area contributed by atoms with Gasteiger partial charge in [0.05, 0.1) is 18.4 Å². The first-order valence-corrected chi connectivity index (χ1v) is 6.18. The minimum atomic E-state index is -0.601. The molecule has 104 valence electrons. The summed E-state index contributed by atoms with van der Waals surface area (Å²) in [6.45, 7) is 8.85. The van der Waals surface area contributed by atoms with Gasteiger partial charge in [-0.1, -0.05) is 50.8 Å². The first kappa shape index (κ1) is 15.2. The number of alkyl carbamates (subject to hydrolysis) is 1. The lowest BCUT2D eigenvalue weighted by Gasteiger charge is -2.34. The van der Waals surface area contributed by atoms with Crippen LogP contribution in [-0.4, -0.2) is 23.8 Å². The highest BCUT2D eigenvalue weighted by atomic mass is 16.6. The van der Waals surface area contributed by atoms with Crippen LogP contribution in [0.1, 0.15) is 26.3 Å². The molecule has 1 amide bonds. The lowest BCUT2D eigenvalue weighted by Crippen LogP contribution is -2.49. The molecule has 4 heteroatoms. The number of benzene rings is 1. The number of aliphatic hydroxyl groups excluding tert-OH is 1. The fourth-order valence-corrected chi connectivity index (χ4v) is 1.85. The van der Waals surface area contributed by atoms with E-state index in [0.717, 1.165) is 5.56 Å². The van der Waals surface area contributed by atoms with E-state index in [1.807, 2.05) is 44.2 Å². The fraction of sp³-hybridized carbons (Fsp3) is 0.400. The van der Waals surface area contributed by atoms with Gasteiger partial charge in [-0.15, -0.1) is 0 Å². The van der Waals surface area contributed by atoms with Gasteiger partial charge in [-0.25, -0.2) is 4.79 Å². The van der Waals surface area contributed by atoms with E-state index in [4.69, 9.17) is 4.74 Å². The summed E-state index contributed by atoms with van der Waals surface area (Å²) in [7, 11) is 0. The van der Waals surface area contributed by atoms with E-state index in [0.29, 0.717) is 5.76 Å². The van der Waals surface area contributed by atoms with Crippen molar-refractivity contribution < 1.29 is 14.6 Å². The third-order valence-electron chi connectivity index (χ3n) is 3.13. The largest absolute Gasteiger partial charge is 0.416 e. The molecule has 1 atom stereocenters. The molecule has 0 bridgehead atoms. The van der Waals surface area contributed by atoms with Gasteiger partial charge in [-0.05, 0) is 12.5 Å². The van der Waals surface area contributed by atoms with Crippen molar-refractivity contribution in [2.24, 2.45) is 0 Å². The van der Waals surface area contributed by atoms with Crippen LogP contribution in [-0.2, 0) is 10.2 Å². The van der Waals surface area contributed by atoms with Crippen molar-refractivity contribution >= 4 is 6.09 Å². The summed E-state index contributed by atoms with van der Waals surface area (Å²) >= 11 is 0. The monoisotopic (exact) mass is 263 g/mol. The van der Waals surface area contributed by atoms with Gasteiger partial charge in [-0.2, -0.15) is 0 Å². The quantitative estimate of drug-likeness (QED) is 0.803. The van der Waals surface area contributed by atoms with Gasteiger partial charge in [-0.3, -0.25) is 0 Å². The normalized spacial score (nSPS) is 12.6. The minimum Gasteiger partial charge on any atom is -0.416 e. The zero-order valence-corrected chi connectivity index (χ0v) is 11.6. The van der Waals surface area contributed by atoms with Gasteiger partial charge < -0.3 is 15.2 Å². The van der Waals surface area contributed by atoms with E-state index in [-0.39, 0.29) is 6.61 Å². The van der Waals surface area contributed by atoms with Crippen molar-refractivity contribution in [2.45, 2.75) is 32.2 Å². The molecule has 0 fully saturated rings. The number of nitrogens with one attached hydrogen (secondary N) is 1. The maximum atomic E-state index is 11.6. The minimum absolute atomic E-state index is 0.173. The molecule has 4 nitrogen and oxygen atoms in total. The van der Waals surface area contributed by atoms with Crippen LogP contribution >= 0.6 is 0 Å². The van der Waals surface area contributed by atoms with Crippen LogP contribution in [0.4, 0.5) is 4.79 Å². The Morgan fingerprint density at radius 1 is 1.42 bits per heavy atom. The Balaban J connectivity index is 2.84. The van der Waals surface area contributed by atoms with Gasteiger partial charge >= 0.3 is 6.09 Å². The van der Waals surface area contributed by atoms with Crippen LogP contribution in [0.3, 0.4) is 0 Å². The number of carbonyl (C=O) groups excluding carboxylic acids is 1. The summed E-state index contributed by atoms with van der Waals surface area (Å²) in [5, 5.41) is 12.2. The average molecular weight is 263 g/mol. The van der Waals surface area contributed by atoms with Gasteiger partial charge in [0, 0.05) is 5.41 Å². The molecule has 0 spiro atoms. The number of hydrogen-bond acceptors (Lipinski definition) is 3. The molecule has 0 aliphatic carbocycles. The number of aliphatic hydroxyl groups is 1. The predicted molar refractivity (Wildman–Crippen MR) is 74.8 cm³/mol. The number of hydrogen-bond donors (Lipinski definition) is 2. The third kappa shape index (κ3) is 4.10. The fourth-order valence-electron chi connectivity index (χ4n) is 1.85. The average Bonchev–Trinajstić information content (AvgIpc) is 2.36. The number of amides is 1. The molecule has 0 aromatic heterocycles. The van der Waals surface area contributed by atoms with Crippen LogP contribution < -0.4 is 5.32 Å². The van der Waals surface area contributed by atoms with Crippen LogP contribution in [0.15, 0.2) is 42.7 Å². The molecular weight excluding hydrogens is 242 g/mol. The summed E-state index contributed by atoms with van der Waals surface area (Å²) < 4.78 is 4.86. The smallest absolute Gasteiger partial charge is 0.412 e. The number of rotatable bonds is 5. The first-order valence-electron chi connectivity index (χ1n) is 6.18. The zero-order chi connectivity index (χ0) is 14.5. The second-order valence-corrected chi connectivity index (χ2v) is 5.06. The highest BCUT2D eigenvalue weighted by Gasteiger charge is 2.32. The highest BCUT2D eigenvalue weighted by molar-refractivity contribution is 5.69. The van der Waals surface area contributed by atoms with Gasteiger partial charge in [0.2, 0.25) is 0 Å². The Kier molecular flexibility index (Phi) is 5.12. The molecule has 0 saturated carbocycles. The Morgan fingerprint density at radius 2 is 2.00 bits per heavy atom. The molecule has 1 aromatic rings. The van der Waals surface area contributed by atoms with Crippen LogP contribution in [0.2, 0.25) is 0 Å². The van der Waals surface area contributed by atoms with Gasteiger partial charge in [0.25, 0.3) is 0 Å². The molecule has 2 N–H and O–H groups in total. The molecule has 0 heterocycles. The lowest BCUT2D eigenvalue weighted by atomic mass is 9.78. The number of carbonyl (C=O) groups is 1. The van der Waals surface area contributed by atoms with E-state index >= 15 is 0 Å². The molecule has 19 heavy (non-hydrogen) atoms. The second kappa shape index (κ2) is 6.38. The third-order valence-corrected chi connectivity index (χ3v) is 3.13. The Labute approximate surface area is 114 Å². The lowest BCUT2D eigenvalue weighted by molar-refractivity contribution is 0.146. The summed E-state index contributed by atoms with van der Waals surface area (Å²) in [6, 6.07) is 9.27. The van der Waals surface area contributed by atoms with Crippen molar-refractivity contribution in [2.75, 3.05) is 6.61 Å². The SMILES string of the molecule is C=C(C)OC(=O)NC(CO)C(C)(C)c1ccccc1. The Morgan fingerprint density at radius 3 is 2.47 bits per heavy atom. The summed E-state index contributed by atoms with van der Waals surface area (Å²) in [4.78, 5) is 11.6. The Hall–Kier alpha value is -1.81. The summed E-state index contributed by atoms with van der Waals surface area (Å²) in [5.41, 5.74) is 0.620. The van der Waals surface area contributed by atoms with Gasteiger partial charge in [0.15, 0.2) is 0 Å². The van der Waals surface area contributed by atoms with E-state index in [1.165, 1.54) is 0 Å². The van der Waals surface area contributed by atoms with E-state index in [2.05, 4.69) is 11.9 Å². The predicted octanol–water partition coefficient (Wildman–Crippen LogP) is 2.58. The first-order chi connectivity index (χ1) is 8.87. The highest BCUT2D eigenvalue weighted by Crippen LogP contribution is 2.27. The van der Waals surface area contributed by atoms with Crippen LogP contribution in [0, 0.1) is 0 Å². The molecular formula is C15H21NO3. The van der Waals surface area contributed by atoms with Crippen LogP contribution in [0.25, 0.3) is 0 Å². The van der Waals surface area contributed by atoms with Crippen molar-refractivity contribution in [3.05, 3.63) is 48.2 Å². The van der Waals surface area contributed by atoms with Crippen molar-refractivity contribution in [1.29, 1.82) is 0 Å². The molecule has 0 aliphatic heterocycles. The Bertz CT molecular complexity index is 440. The van der Waals surface area contributed by atoms with Crippen LogP contribution in [0.5, 0.6) is 0 Å². The zero-order valence-electron chi connectivity index (χ0n) is 11.6. The van der Waals surface area contributed by atoms with E-state index < -0.39 is 17.6 Å². The maximum absolute atomic E-state index is 11.6. The summed E-state index contributed by atoms with van der Waals surface area (Å²) in [6.07, 6.45) is -0.601. The standard InChI is InChI=1S/C15H21NO3/c1-11(2)19-14(18)16-13(10-17)15(3,4)12-8-6-5-7-9-12/h5-9,13,17H,1,10H2,2-4H3,(H,16,18). The van der Waals surface area contributed by atoms with E-state index in [9.17, 15) is 9.90 Å². The number of allylic oxidation sites excluding steroid dienone is 1. The molecule has 0 saturated heterocycles. The maximum Gasteiger partial charge on any atom is 0.412 e. The topological polar surface area (TPSA) is 58.6 Å².